The number of aromatic nitrogens is 2. The molecule has 0 fully saturated rings. The van der Waals surface area contributed by atoms with E-state index >= 15 is 0 Å². The Hall–Kier alpha value is -1.42. The summed E-state index contributed by atoms with van der Waals surface area (Å²) in [5.74, 6) is -0.263. The fourth-order valence-electron chi connectivity index (χ4n) is 2.37. The Bertz CT molecular complexity index is 546. The molecule has 3 rings (SSSR count). The van der Waals surface area contributed by atoms with Gasteiger partial charge in [0.2, 0.25) is 0 Å². The summed E-state index contributed by atoms with van der Waals surface area (Å²) in [5.41, 5.74) is 3.20. The molecule has 16 heavy (non-hydrogen) atoms. The van der Waals surface area contributed by atoms with E-state index in [0.717, 1.165) is 24.0 Å². The monoisotopic (exact) mass is 219 g/mol. The van der Waals surface area contributed by atoms with Crippen LogP contribution < -0.4 is 0 Å². The minimum Gasteiger partial charge on any atom is -0.342 e. The molecule has 1 atom stereocenters. The molecule has 1 aliphatic rings. The number of rotatable bonds is 0. The predicted molar refractivity (Wildman–Crippen MR) is 60.7 cm³/mol. The fourth-order valence-corrected chi connectivity index (χ4v) is 2.37. The van der Waals surface area contributed by atoms with Gasteiger partial charge in [0, 0.05) is 23.7 Å². The van der Waals surface area contributed by atoms with Gasteiger partial charge in [-0.25, -0.2) is 9.37 Å². The molecule has 0 aliphatic carbocycles. The molecule has 3 heterocycles. The van der Waals surface area contributed by atoms with Crippen LogP contribution in [-0.4, -0.2) is 28.0 Å². The molecule has 0 unspecified atom stereocenters. The number of H-pyrrole nitrogens is 1. The molecule has 4 heteroatoms. The zero-order valence-electron chi connectivity index (χ0n) is 9.42. The normalized spacial score (nSPS) is 21.3. The van der Waals surface area contributed by atoms with Crippen molar-refractivity contribution in [3.63, 3.8) is 0 Å². The van der Waals surface area contributed by atoms with Gasteiger partial charge in [0.15, 0.2) is 0 Å². The number of fused-ring (bicyclic) bond motifs is 3. The van der Waals surface area contributed by atoms with Gasteiger partial charge in [0.1, 0.15) is 11.5 Å². The third-order valence-electron chi connectivity index (χ3n) is 3.47. The second-order valence-electron chi connectivity index (χ2n) is 4.60. The third kappa shape index (κ3) is 1.33. The van der Waals surface area contributed by atoms with Gasteiger partial charge in [-0.2, -0.15) is 0 Å². The number of pyridine rings is 1. The van der Waals surface area contributed by atoms with Crippen molar-refractivity contribution in [3.8, 4) is 0 Å². The number of likely N-dealkylation sites (N-methyl/N-ethyl adjacent to an activating group) is 1. The lowest BCUT2D eigenvalue weighted by atomic mass is 9.99. The summed E-state index contributed by atoms with van der Waals surface area (Å²) in [4.78, 5) is 9.65. The van der Waals surface area contributed by atoms with Gasteiger partial charge in [0.25, 0.3) is 0 Å². The first kappa shape index (κ1) is 9.78. The van der Waals surface area contributed by atoms with Gasteiger partial charge in [-0.1, -0.05) is 0 Å². The molecule has 2 aromatic rings. The summed E-state index contributed by atoms with van der Waals surface area (Å²) in [6, 6.07) is 2.07. The molecule has 1 aliphatic heterocycles. The van der Waals surface area contributed by atoms with E-state index in [1.165, 1.54) is 17.5 Å². The molecule has 3 nitrogen and oxygen atoms in total. The zero-order valence-corrected chi connectivity index (χ0v) is 9.42. The molecule has 84 valence electrons. The van der Waals surface area contributed by atoms with E-state index in [1.54, 1.807) is 6.07 Å². The van der Waals surface area contributed by atoms with Crippen molar-refractivity contribution in [1.82, 2.24) is 14.9 Å². The molecule has 0 aromatic carbocycles. The smallest absolute Gasteiger partial charge is 0.142 e. The summed E-state index contributed by atoms with van der Waals surface area (Å²) >= 11 is 0. The Kier molecular flexibility index (Phi) is 2.01. The summed E-state index contributed by atoms with van der Waals surface area (Å²) in [5, 5.41) is 0.940. The lowest BCUT2D eigenvalue weighted by Gasteiger charge is -2.29. The number of aromatic amines is 1. The summed E-state index contributed by atoms with van der Waals surface area (Å²) < 4.78 is 13.2. The molecular weight excluding hydrogens is 205 g/mol. The van der Waals surface area contributed by atoms with E-state index in [4.69, 9.17) is 0 Å². The Morgan fingerprint density at radius 2 is 2.38 bits per heavy atom. The van der Waals surface area contributed by atoms with Gasteiger partial charge in [-0.05, 0) is 32.0 Å². The Balaban J connectivity index is 2.21. The number of hydrogen-bond donors (Lipinski definition) is 1. The van der Waals surface area contributed by atoms with Crippen molar-refractivity contribution in [2.45, 2.75) is 25.9 Å². The molecule has 2 aromatic heterocycles. The number of hydrogen-bond acceptors (Lipinski definition) is 2. The van der Waals surface area contributed by atoms with Crippen LogP contribution >= 0.6 is 0 Å². The van der Waals surface area contributed by atoms with E-state index in [2.05, 4.69) is 28.8 Å². The lowest BCUT2D eigenvalue weighted by molar-refractivity contribution is 0.229. The zero-order chi connectivity index (χ0) is 11.3. The maximum atomic E-state index is 13.2. The number of nitrogens with one attached hydrogen (secondary N) is 1. The van der Waals surface area contributed by atoms with Gasteiger partial charge in [-0.3, -0.25) is 4.90 Å². The van der Waals surface area contributed by atoms with Crippen LogP contribution in [0.15, 0.2) is 12.3 Å². The van der Waals surface area contributed by atoms with Gasteiger partial charge >= 0.3 is 0 Å². The summed E-state index contributed by atoms with van der Waals surface area (Å²) in [6.45, 7) is 3.07. The van der Waals surface area contributed by atoms with Crippen LogP contribution in [0.3, 0.4) is 0 Å². The molecular formula is C12H14FN3. The molecule has 0 saturated carbocycles. The minimum absolute atomic E-state index is 0.263. The number of nitrogens with zero attached hydrogens (tertiary/aromatic N) is 2. The van der Waals surface area contributed by atoms with Crippen LogP contribution in [0.5, 0.6) is 0 Å². The second kappa shape index (κ2) is 3.28. The van der Waals surface area contributed by atoms with E-state index in [-0.39, 0.29) is 5.82 Å². The van der Waals surface area contributed by atoms with Crippen molar-refractivity contribution >= 4 is 11.0 Å². The maximum Gasteiger partial charge on any atom is 0.142 e. The standard InChI is InChI=1S/C12H14FN3/c1-7-3-9-10-4-8(13)5-14-12(10)15-11(9)6-16(7)2/h4-5,7H,3,6H2,1-2H3,(H,14,15)/t7-/m1/s1. The van der Waals surface area contributed by atoms with Crippen LogP contribution in [0.2, 0.25) is 0 Å². The molecule has 0 spiro atoms. The van der Waals surface area contributed by atoms with Gasteiger partial charge in [-0.15, -0.1) is 0 Å². The van der Waals surface area contributed by atoms with E-state index in [9.17, 15) is 4.39 Å². The van der Waals surface area contributed by atoms with Crippen LogP contribution in [0.25, 0.3) is 11.0 Å². The predicted octanol–water partition coefficient (Wildman–Crippen LogP) is 2.08. The maximum absolute atomic E-state index is 13.2. The highest BCUT2D eigenvalue weighted by Crippen LogP contribution is 2.28. The second-order valence-corrected chi connectivity index (χ2v) is 4.60. The quantitative estimate of drug-likeness (QED) is 0.735. The Morgan fingerprint density at radius 3 is 3.19 bits per heavy atom. The highest BCUT2D eigenvalue weighted by atomic mass is 19.1. The van der Waals surface area contributed by atoms with Crippen LogP contribution in [-0.2, 0) is 13.0 Å². The van der Waals surface area contributed by atoms with Crippen molar-refractivity contribution in [2.24, 2.45) is 0 Å². The first-order valence-corrected chi connectivity index (χ1v) is 5.50. The average molecular weight is 219 g/mol. The molecule has 0 bridgehead atoms. The highest BCUT2D eigenvalue weighted by Gasteiger charge is 2.23. The lowest BCUT2D eigenvalue weighted by Crippen LogP contribution is -2.34. The van der Waals surface area contributed by atoms with E-state index in [1.807, 2.05) is 0 Å². The van der Waals surface area contributed by atoms with Crippen molar-refractivity contribution in [1.29, 1.82) is 0 Å². The van der Waals surface area contributed by atoms with Crippen molar-refractivity contribution in [3.05, 3.63) is 29.3 Å². The average Bonchev–Trinajstić information content (AvgIpc) is 2.57. The van der Waals surface area contributed by atoms with Crippen molar-refractivity contribution < 1.29 is 4.39 Å². The Labute approximate surface area is 93.3 Å². The first-order chi connectivity index (χ1) is 7.65. The first-order valence-electron chi connectivity index (χ1n) is 5.50. The SMILES string of the molecule is C[C@@H]1Cc2c([nH]c3ncc(F)cc23)CN1C. The summed E-state index contributed by atoms with van der Waals surface area (Å²) in [7, 11) is 2.10. The topological polar surface area (TPSA) is 31.9 Å². The van der Waals surface area contributed by atoms with E-state index < -0.39 is 0 Å². The minimum atomic E-state index is -0.263. The highest BCUT2D eigenvalue weighted by molar-refractivity contribution is 5.81. The van der Waals surface area contributed by atoms with Crippen LogP contribution in [0.1, 0.15) is 18.2 Å². The fraction of sp³-hybridized carbons (Fsp3) is 0.417. The van der Waals surface area contributed by atoms with Gasteiger partial charge < -0.3 is 4.98 Å². The van der Waals surface area contributed by atoms with Gasteiger partial charge in [0.05, 0.1) is 6.20 Å². The van der Waals surface area contributed by atoms with Crippen molar-refractivity contribution in [2.75, 3.05) is 7.05 Å². The van der Waals surface area contributed by atoms with Crippen LogP contribution in [0.4, 0.5) is 4.39 Å². The molecule has 0 amide bonds. The number of halogens is 1. The molecule has 1 N–H and O–H groups in total. The van der Waals surface area contributed by atoms with Crippen LogP contribution in [0, 0.1) is 5.82 Å². The Morgan fingerprint density at radius 1 is 1.56 bits per heavy atom. The molecule has 0 saturated heterocycles. The third-order valence-corrected chi connectivity index (χ3v) is 3.47. The molecule has 0 radical (unpaired) electrons. The largest absolute Gasteiger partial charge is 0.342 e. The summed E-state index contributed by atoms with van der Waals surface area (Å²) in [6.07, 6.45) is 2.22. The van der Waals surface area contributed by atoms with E-state index in [0.29, 0.717) is 6.04 Å².